The van der Waals surface area contributed by atoms with Gasteiger partial charge in [0.1, 0.15) is 6.10 Å². The summed E-state index contributed by atoms with van der Waals surface area (Å²) >= 11 is 5.87. The maximum Gasteiger partial charge on any atom is 0.171 e. The predicted molar refractivity (Wildman–Crippen MR) is 53.7 cm³/mol. The molecule has 3 nitrogen and oxygen atoms in total. The highest BCUT2D eigenvalue weighted by molar-refractivity contribution is 6.30. The van der Waals surface area contributed by atoms with Crippen molar-refractivity contribution in [1.29, 1.82) is 0 Å². The van der Waals surface area contributed by atoms with Crippen molar-refractivity contribution in [1.82, 2.24) is 4.98 Å². The van der Waals surface area contributed by atoms with Gasteiger partial charge in [-0.2, -0.15) is 0 Å². The van der Waals surface area contributed by atoms with Gasteiger partial charge in [-0.3, -0.25) is 0 Å². The molecule has 1 fully saturated rings. The van der Waals surface area contributed by atoms with Crippen molar-refractivity contribution in [2.45, 2.75) is 18.9 Å². The molecule has 2 heterocycles. The topological polar surface area (TPSA) is 31.4 Å². The van der Waals surface area contributed by atoms with Crippen molar-refractivity contribution in [3.63, 3.8) is 0 Å². The largest absolute Gasteiger partial charge is 0.485 e. The summed E-state index contributed by atoms with van der Waals surface area (Å²) in [7, 11) is 0. The zero-order chi connectivity index (χ0) is 9.80. The van der Waals surface area contributed by atoms with Gasteiger partial charge in [0.15, 0.2) is 10.9 Å². The van der Waals surface area contributed by atoms with Crippen molar-refractivity contribution in [3.05, 3.63) is 23.5 Å². The van der Waals surface area contributed by atoms with E-state index in [1.807, 2.05) is 12.1 Å². The first kappa shape index (κ1) is 9.74. The molecular weight excluding hydrogens is 202 g/mol. The van der Waals surface area contributed by atoms with E-state index in [1.165, 1.54) is 0 Å². The molecule has 1 aliphatic rings. The summed E-state index contributed by atoms with van der Waals surface area (Å²) in [5, 5.41) is 0.415. The molecule has 1 unspecified atom stereocenters. The Kier molecular flexibility index (Phi) is 3.22. The van der Waals surface area contributed by atoms with Gasteiger partial charge in [-0.1, -0.05) is 11.6 Å². The minimum absolute atomic E-state index is 0.116. The van der Waals surface area contributed by atoms with Crippen LogP contribution in [0.5, 0.6) is 5.75 Å². The summed E-state index contributed by atoms with van der Waals surface area (Å²) in [5.74, 6) is 0.643. The van der Waals surface area contributed by atoms with E-state index in [4.69, 9.17) is 21.1 Å². The summed E-state index contributed by atoms with van der Waals surface area (Å²) in [6.07, 6.45) is 3.82. The summed E-state index contributed by atoms with van der Waals surface area (Å²) in [6, 6.07) is 3.63. The number of rotatable bonds is 2. The van der Waals surface area contributed by atoms with E-state index in [1.54, 1.807) is 6.20 Å². The predicted octanol–water partition coefficient (Wildman–Crippen LogP) is 2.29. The fourth-order valence-electron chi connectivity index (χ4n) is 1.44. The second kappa shape index (κ2) is 4.62. The number of pyridine rings is 1. The highest BCUT2D eigenvalue weighted by atomic mass is 35.5. The number of ether oxygens (including phenoxy) is 2. The van der Waals surface area contributed by atoms with E-state index in [0.29, 0.717) is 17.5 Å². The maximum atomic E-state index is 5.87. The van der Waals surface area contributed by atoms with E-state index >= 15 is 0 Å². The molecule has 1 aromatic rings. The van der Waals surface area contributed by atoms with Crippen molar-refractivity contribution in [2.75, 3.05) is 13.2 Å². The van der Waals surface area contributed by atoms with Gasteiger partial charge in [0, 0.05) is 12.8 Å². The Morgan fingerprint density at radius 3 is 3.21 bits per heavy atom. The fraction of sp³-hybridized carbons (Fsp3) is 0.500. The minimum Gasteiger partial charge on any atom is -0.485 e. The van der Waals surface area contributed by atoms with Gasteiger partial charge in [0.05, 0.1) is 6.61 Å². The van der Waals surface area contributed by atoms with Crippen LogP contribution >= 0.6 is 11.6 Å². The van der Waals surface area contributed by atoms with E-state index in [-0.39, 0.29) is 6.10 Å². The Morgan fingerprint density at radius 2 is 2.50 bits per heavy atom. The molecule has 1 atom stereocenters. The molecule has 76 valence electrons. The summed E-state index contributed by atoms with van der Waals surface area (Å²) in [4.78, 5) is 3.94. The average Bonchev–Trinajstić information content (AvgIpc) is 2.23. The monoisotopic (exact) mass is 213 g/mol. The average molecular weight is 214 g/mol. The van der Waals surface area contributed by atoms with Crippen molar-refractivity contribution >= 4 is 11.6 Å². The smallest absolute Gasteiger partial charge is 0.171 e. The molecule has 0 aromatic carbocycles. The molecule has 4 heteroatoms. The summed E-state index contributed by atoms with van der Waals surface area (Å²) in [6.45, 7) is 1.48. The summed E-state index contributed by atoms with van der Waals surface area (Å²) < 4.78 is 11.0. The lowest BCUT2D eigenvalue weighted by molar-refractivity contribution is 0.00733. The lowest BCUT2D eigenvalue weighted by Crippen LogP contribution is -2.28. The normalized spacial score (nSPS) is 21.9. The lowest BCUT2D eigenvalue weighted by Gasteiger charge is -2.23. The zero-order valence-electron chi connectivity index (χ0n) is 7.78. The van der Waals surface area contributed by atoms with Gasteiger partial charge in [0.2, 0.25) is 0 Å². The molecule has 0 N–H and O–H groups in total. The van der Waals surface area contributed by atoms with Crippen molar-refractivity contribution in [2.24, 2.45) is 0 Å². The Labute approximate surface area is 88.0 Å². The van der Waals surface area contributed by atoms with Crippen LogP contribution in [0.25, 0.3) is 0 Å². The third-order valence-electron chi connectivity index (χ3n) is 2.14. The van der Waals surface area contributed by atoms with Crippen LogP contribution in [-0.2, 0) is 4.74 Å². The molecular formula is C10H12ClNO2. The molecule has 1 aliphatic heterocycles. The van der Waals surface area contributed by atoms with Crippen LogP contribution in [0, 0.1) is 0 Å². The molecule has 2 rings (SSSR count). The Hall–Kier alpha value is -0.800. The zero-order valence-corrected chi connectivity index (χ0v) is 8.54. The first-order valence-corrected chi connectivity index (χ1v) is 5.09. The van der Waals surface area contributed by atoms with Gasteiger partial charge in [-0.15, -0.1) is 0 Å². The third-order valence-corrected chi connectivity index (χ3v) is 2.42. The first-order valence-electron chi connectivity index (χ1n) is 4.71. The molecule has 1 aromatic heterocycles. The number of nitrogens with zero attached hydrogens (tertiary/aromatic N) is 1. The number of hydrogen-bond acceptors (Lipinski definition) is 3. The van der Waals surface area contributed by atoms with Crippen LogP contribution in [-0.4, -0.2) is 24.3 Å². The summed E-state index contributed by atoms with van der Waals surface area (Å²) in [5.41, 5.74) is 0. The number of halogens is 1. The minimum atomic E-state index is 0.116. The quantitative estimate of drug-likeness (QED) is 0.707. The molecule has 0 amide bonds. The highest BCUT2D eigenvalue weighted by Gasteiger charge is 2.16. The Balaban J connectivity index is 1.99. The molecule has 14 heavy (non-hydrogen) atoms. The molecule has 0 spiro atoms. The van der Waals surface area contributed by atoms with E-state index in [2.05, 4.69) is 4.98 Å². The van der Waals surface area contributed by atoms with Crippen molar-refractivity contribution < 1.29 is 9.47 Å². The highest BCUT2D eigenvalue weighted by Crippen LogP contribution is 2.23. The van der Waals surface area contributed by atoms with E-state index in [0.717, 1.165) is 19.4 Å². The van der Waals surface area contributed by atoms with Crippen LogP contribution in [0.1, 0.15) is 12.8 Å². The second-order valence-electron chi connectivity index (χ2n) is 3.25. The van der Waals surface area contributed by atoms with Crippen LogP contribution in [0.3, 0.4) is 0 Å². The Morgan fingerprint density at radius 1 is 1.57 bits per heavy atom. The molecule has 0 bridgehead atoms. The number of hydrogen-bond donors (Lipinski definition) is 0. The fourth-order valence-corrected chi connectivity index (χ4v) is 1.61. The van der Waals surface area contributed by atoms with Crippen molar-refractivity contribution in [3.8, 4) is 5.75 Å². The van der Waals surface area contributed by atoms with Gasteiger partial charge < -0.3 is 9.47 Å². The van der Waals surface area contributed by atoms with E-state index < -0.39 is 0 Å². The molecule has 1 saturated heterocycles. The molecule has 0 saturated carbocycles. The van der Waals surface area contributed by atoms with Crippen LogP contribution < -0.4 is 4.74 Å². The van der Waals surface area contributed by atoms with Gasteiger partial charge in [-0.05, 0) is 25.0 Å². The SMILES string of the molecule is Clc1ncccc1OC1CCCOC1. The van der Waals surface area contributed by atoms with Crippen LogP contribution in [0.2, 0.25) is 5.15 Å². The van der Waals surface area contributed by atoms with Crippen LogP contribution in [0.15, 0.2) is 18.3 Å². The standard InChI is InChI=1S/C10H12ClNO2/c11-10-9(4-1-5-12-10)14-8-3-2-6-13-7-8/h1,4-5,8H,2-3,6-7H2. The van der Waals surface area contributed by atoms with Gasteiger partial charge >= 0.3 is 0 Å². The first-order chi connectivity index (χ1) is 6.86. The molecule has 0 aliphatic carbocycles. The lowest BCUT2D eigenvalue weighted by atomic mass is 10.2. The second-order valence-corrected chi connectivity index (χ2v) is 3.61. The van der Waals surface area contributed by atoms with Gasteiger partial charge in [-0.25, -0.2) is 4.98 Å². The van der Waals surface area contributed by atoms with E-state index in [9.17, 15) is 0 Å². The number of aromatic nitrogens is 1. The third kappa shape index (κ3) is 2.36. The van der Waals surface area contributed by atoms with Crippen LogP contribution in [0.4, 0.5) is 0 Å². The molecule has 0 radical (unpaired) electrons. The van der Waals surface area contributed by atoms with Gasteiger partial charge in [0.25, 0.3) is 0 Å². The Bertz CT molecular complexity index is 300. The maximum absolute atomic E-state index is 5.87.